The second-order valence-electron chi connectivity index (χ2n) is 12.1. The van der Waals surface area contributed by atoms with E-state index in [1.807, 2.05) is 23.1 Å². The van der Waals surface area contributed by atoms with Crippen LogP contribution >= 0.6 is 11.6 Å². The van der Waals surface area contributed by atoms with Gasteiger partial charge in [-0.1, -0.05) is 36.9 Å². The van der Waals surface area contributed by atoms with Crippen molar-refractivity contribution >= 4 is 35.1 Å². The Balaban J connectivity index is 1.11. The van der Waals surface area contributed by atoms with Crippen molar-refractivity contribution in [2.45, 2.75) is 76.4 Å². The van der Waals surface area contributed by atoms with Gasteiger partial charge < -0.3 is 19.4 Å². The maximum atomic E-state index is 13.8. The molecule has 4 fully saturated rings. The molecule has 1 aliphatic carbocycles. The Bertz CT molecular complexity index is 1060. The molecule has 3 aliphatic heterocycles. The second kappa shape index (κ2) is 11.7. The van der Waals surface area contributed by atoms with Gasteiger partial charge >= 0.3 is 5.97 Å². The van der Waals surface area contributed by atoms with Gasteiger partial charge in [0.05, 0.1) is 5.41 Å². The fourth-order valence-corrected chi connectivity index (χ4v) is 7.38. The molecule has 214 valence electrons. The first-order chi connectivity index (χ1) is 18.7. The first-order valence-corrected chi connectivity index (χ1v) is 15.1. The third kappa shape index (κ3) is 5.78. The largest absolute Gasteiger partial charge is 0.462 e. The number of ether oxygens (including phenoxy) is 1. The van der Waals surface area contributed by atoms with E-state index < -0.39 is 11.0 Å². The predicted molar refractivity (Wildman–Crippen MR) is 152 cm³/mol. The van der Waals surface area contributed by atoms with Crippen molar-refractivity contribution in [3.05, 3.63) is 29.3 Å². The zero-order chi connectivity index (χ0) is 27.6. The lowest BCUT2D eigenvalue weighted by molar-refractivity contribution is -0.159. The van der Waals surface area contributed by atoms with Crippen LogP contribution in [0.4, 0.5) is 5.69 Å². The quantitative estimate of drug-likeness (QED) is 0.492. The maximum absolute atomic E-state index is 13.8. The maximum Gasteiger partial charge on any atom is 0.312 e. The number of nitrogens with zero attached hydrogens (tertiary/aromatic N) is 4. The summed E-state index contributed by atoms with van der Waals surface area (Å²) in [6.45, 7) is 7.44. The van der Waals surface area contributed by atoms with E-state index in [4.69, 9.17) is 16.3 Å². The fraction of sp³-hybridized carbons (Fsp3) is 0.700. The van der Waals surface area contributed by atoms with Crippen LogP contribution in [0.25, 0.3) is 0 Å². The Morgan fingerprint density at radius 2 is 1.72 bits per heavy atom. The summed E-state index contributed by atoms with van der Waals surface area (Å²) >= 11 is 6.17. The zero-order valence-corrected chi connectivity index (χ0v) is 24.3. The molecular formula is C30H43ClN4O4. The van der Waals surface area contributed by atoms with Crippen LogP contribution in [0.1, 0.15) is 64.7 Å². The number of amides is 2. The molecule has 1 saturated carbocycles. The standard InChI is InChI=1S/C30H43ClN4O4/c1-23(36)32(2)30(10-4-3-5-11-30)27(37)35-15-12-29(13-16-35)22-26(39-28(29)38)9-14-33-17-19-34(20-18-33)25-8-6-7-24(31)21-25/h6-8,21,26H,3-5,9-20,22H2,1-2H3/t26-/m0/s1. The Morgan fingerprint density at radius 1 is 1.03 bits per heavy atom. The molecule has 4 aliphatic rings. The molecule has 3 saturated heterocycles. The van der Waals surface area contributed by atoms with Crippen LogP contribution < -0.4 is 4.90 Å². The van der Waals surface area contributed by atoms with E-state index in [9.17, 15) is 14.4 Å². The van der Waals surface area contributed by atoms with E-state index >= 15 is 0 Å². The minimum atomic E-state index is -0.732. The van der Waals surface area contributed by atoms with Crippen LogP contribution in [0.5, 0.6) is 0 Å². The van der Waals surface area contributed by atoms with E-state index in [1.165, 1.54) is 5.69 Å². The Labute approximate surface area is 237 Å². The number of carbonyl (C=O) groups excluding carboxylic acids is 3. The smallest absolute Gasteiger partial charge is 0.312 e. The van der Waals surface area contributed by atoms with Gasteiger partial charge in [-0.2, -0.15) is 0 Å². The number of piperidine rings is 1. The van der Waals surface area contributed by atoms with Crippen LogP contribution in [0, 0.1) is 5.41 Å². The second-order valence-corrected chi connectivity index (χ2v) is 12.5. The SMILES string of the molecule is CC(=O)N(C)C1(C(=O)N2CCC3(CC2)C[C@H](CCN2CCN(c4cccc(Cl)c4)CC2)OC3=O)CCCCC1. The van der Waals surface area contributed by atoms with Crippen LogP contribution in [0.15, 0.2) is 24.3 Å². The predicted octanol–water partition coefficient (Wildman–Crippen LogP) is 3.96. The Kier molecular flexibility index (Phi) is 8.43. The first-order valence-electron chi connectivity index (χ1n) is 14.7. The molecule has 0 unspecified atom stereocenters. The van der Waals surface area contributed by atoms with Crippen LogP contribution in [-0.2, 0) is 19.1 Å². The number of esters is 1. The molecule has 8 nitrogen and oxygen atoms in total. The number of rotatable bonds is 6. The zero-order valence-electron chi connectivity index (χ0n) is 23.5. The molecule has 0 radical (unpaired) electrons. The van der Waals surface area contributed by atoms with Crippen LogP contribution in [0.2, 0.25) is 5.02 Å². The van der Waals surface area contributed by atoms with Crippen LogP contribution in [0.3, 0.4) is 0 Å². The van der Waals surface area contributed by atoms with E-state index in [0.717, 1.165) is 82.7 Å². The highest BCUT2D eigenvalue weighted by Crippen LogP contribution is 2.45. The molecule has 1 aromatic carbocycles. The molecular weight excluding hydrogens is 516 g/mol. The molecule has 3 heterocycles. The number of carbonyl (C=O) groups is 3. The number of cyclic esters (lactones) is 1. The van der Waals surface area contributed by atoms with E-state index in [2.05, 4.69) is 15.9 Å². The Morgan fingerprint density at radius 3 is 2.36 bits per heavy atom. The highest BCUT2D eigenvalue weighted by Gasteiger charge is 2.53. The fourth-order valence-electron chi connectivity index (χ4n) is 7.20. The number of likely N-dealkylation sites (N-methyl/N-ethyl adjacent to an activating group) is 1. The van der Waals surface area contributed by atoms with Gasteiger partial charge in [0.15, 0.2) is 0 Å². The lowest BCUT2D eigenvalue weighted by atomic mass is 9.74. The van der Waals surface area contributed by atoms with Gasteiger partial charge in [-0.15, -0.1) is 0 Å². The molecule has 0 N–H and O–H groups in total. The van der Waals surface area contributed by atoms with Gasteiger partial charge in [0.1, 0.15) is 11.6 Å². The highest BCUT2D eigenvalue weighted by atomic mass is 35.5. The van der Waals surface area contributed by atoms with Gasteiger partial charge in [-0.05, 0) is 50.3 Å². The summed E-state index contributed by atoms with van der Waals surface area (Å²) in [5.74, 6) is -0.0833. The lowest BCUT2D eigenvalue weighted by Crippen LogP contribution is -2.62. The molecule has 5 rings (SSSR count). The highest BCUT2D eigenvalue weighted by molar-refractivity contribution is 6.30. The van der Waals surface area contributed by atoms with E-state index in [1.54, 1.807) is 18.9 Å². The summed E-state index contributed by atoms with van der Waals surface area (Å²) in [6.07, 6.45) is 7.30. The number of piperazine rings is 1. The number of hydrogen-bond acceptors (Lipinski definition) is 6. The summed E-state index contributed by atoms with van der Waals surface area (Å²) in [4.78, 5) is 47.5. The van der Waals surface area contributed by atoms with Crippen molar-refractivity contribution in [2.75, 3.05) is 57.8 Å². The minimum absolute atomic E-state index is 0.0563. The molecule has 1 spiro atoms. The summed E-state index contributed by atoms with van der Waals surface area (Å²) in [6, 6.07) is 8.02. The van der Waals surface area contributed by atoms with E-state index in [0.29, 0.717) is 25.9 Å². The van der Waals surface area contributed by atoms with Crippen molar-refractivity contribution in [1.82, 2.24) is 14.7 Å². The third-order valence-electron chi connectivity index (χ3n) is 9.84. The topological polar surface area (TPSA) is 73.4 Å². The monoisotopic (exact) mass is 558 g/mol. The summed E-state index contributed by atoms with van der Waals surface area (Å²) in [5, 5.41) is 0.763. The van der Waals surface area contributed by atoms with Gasteiger partial charge in [0.25, 0.3) is 0 Å². The third-order valence-corrected chi connectivity index (χ3v) is 10.1. The molecule has 2 amide bonds. The average Bonchev–Trinajstić information content (AvgIpc) is 3.26. The number of anilines is 1. The van der Waals surface area contributed by atoms with Crippen molar-refractivity contribution in [2.24, 2.45) is 5.41 Å². The lowest BCUT2D eigenvalue weighted by Gasteiger charge is -2.47. The first kappa shape index (κ1) is 28.2. The van der Waals surface area contributed by atoms with Gasteiger partial charge in [-0.25, -0.2) is 0 Å². The van der Waals surface area contributed by atoms with Crippen molar-refractivity contribution in [1.29, 1.82) is 0 Å². The number of halogens is 1. The molecule has 1 atom stereocenters. The molecule has 0 bridgehead atoms. The van der Waals surface area contributed by atoms with Gasteiger partial charge in [0, 0.05) is 76.9 Å². The summed E-state index contributed by atoms with van der Waals surface area (Å²) in [5.41, 5.74) is -0.0378. The minimum Gasteiger partial charge on any atom is -0.462 e. The molecule has 1 aromatic rings. The van der Waals surface area contributed by atoms with Crippen molar-refractivity contribution in [3.63, 3.8) is 0 Å². The van der Waals surface area contributed by atoms with Gasteiger partial charge in [0.2, 0.25) is 11.8 Å². The normalized spacial score (nSPS) is 25.0. The summed E-state index contributed by atoms with van der Waals surface area (Å²) < 4.78 is 5.90. The molecule has 0 aromatic heterocycles. The van der Waals surface area contributed by atoms with Crippen LogP contribution in [-0.4, -0.2) is 97.0 Å². The number of likely N-dealkylation sites (tertiary alicyclic amines) is 1. The number of hydrogen-bond donors (Lipinski definition) is 0. The Hall–Kier alpha value is -2.32. The van der Waals surface area contributed by atoms with E-state index in [-0.39, 0.29) is 23.9 Å². The molecule has 39 heavy (non-hydrogen) atoms. The number of benzene rings is 1. The van der Waals surface area contributed by atoms with Crippen molar-refractivity contribution in [3.8, 4) is 0 Å². The van der Waals surface area contributed by atoms with Gasteiger partial charge in [-0.3, -0.25) is 19.3 Å². The van der Waals surface area contributed by atoms with Crippen molar-refractivity contribution < 1.29 is 19.1 Å². The summed E-state index contributed by atoms with van der Waals surface area (Å²) in [7, 11) is 1.77. The molecule has 9 heteroatoms. The average molecular weight is 559 g/mol.